The van der Waals surface area contributed by atoms with E-state index in [2.05, 4.69) is 17.1 Å². The third-order valence-electron chi connectivity index (χ3n) is 4.63. The molecule has 1 aliphatic rings. The lowest BCUT2D eigenvalue weighted by Gasteiger charge is -2.10. The average molecular weight is 344 g/mol. The van der Waals surface area contributed by atoms with Crippen LogP contribution in [0, 0.1) is 12.8 Å². The number of carbonyl (C=O) groups is 1. The maximum absolute atomic E-state index is 11.1. The van der Waals surface area contributed by atoms with Crippen LogP contribution in [0.5, 0.6) is 5.75 Å². The standard InChI is InChI=1S/C22H20N2O2/c1-14-10-17(19-4-2-3-5-21(19)24-14)13-26-18-8-6-15(7-9-18)11-16-12-20(16)22(23)25/h2-11,20H,12-13H2,1H3,(H2,23,25)/b16-11-/t20-/m0/s1. The molecule has 4 nitrogen and oxygen atoms in total. The molecule has 1 heterocycles. The minimum Gasteiger partial charge on any atom is -0.489 e. The predicted molar refractivity (Wildman–Crippen MR) is 103 cm³/mol. The molecule has 26 heavy (non-hydrogen) atoms. The van der Waals surface area contributed by atoms with Crippen molar-refractivity contribution in [2.45, 2.75) is 20.0 Å². The van der Waals surface area contributed by atoms with Crippen LogP contribution < -0.4 is 10.5 Å². The first-order valence-corrected chi connectivity index (χ1v) is 8.68. The third-order valence-corrected chi connectivity index (χ3v) is 4.63. The summed E-state index contributed by atoms with van der Waals surface area (Å²) in [6.45, 7) is 2.49. The van der Waals surface area contributed by atoms with Gasteiger partial charge in [0.15, 0.2) is 0 Å². The molecular weight excluding hydrogens is 324 g/mol. The van der Waals surface area contributed by atoms with Gasteiger partial charge in [-0.25, -0.2) is 0 Å². The van der Waals surface area contributed by atoms with Crippen molar-refractivity contribution < 1.29 is 9.53 Å². The molecule has 1 atom stereocenters. The van der Waals surface area contributed by atoms with Crippen LogP contribution in [0.3, 0.4) is 0 Å². The Labute approximate surface area is 152 Å². The fraction of sp³-hybridized carbons (Fsp3) is 0.182. The number of nitrogens with zero attached hydrogens (tertiary/aromatic N) is 1. The lowest BCUT2D eigenvalue weighted by molar-refractivity contribution is -0.118. The average Bonchev–Trinajstić information content (AvgIpc) is 3.40. The molecule has 0 spiro atoms. The number of ether oxygens (including phenoxy) is 1. The summed E-state index contributed by atoms with van der Waals surface area (Å²) in [4.78, 5) is 15.7. The molecule has 4 heteroatoms. The fourth-order valence-corrected chi connectivity index (χ4v) is 3.17. The number of fused-ring (bicyclic) bond motifs is 1. The van der Waals surface area contributed by atoms with Crippen LogP contribution in [0.2, 0.25) is 0 Å². The Bertz CT molecular complexity index is 1010. The quantitative estimate of drug-likeness (QED) is 0.760. The van der Waals surface area contributed by atoms with Gasteiger partial charge in [-0.1, -0.05) is 42.0 Å². The van der Waals surface area contributed by atoms with Crippen molar-refractivity contribution in [3.63, 3.8) is 0 Å². The van der Waals surface area contributed by atoms with Gasteiger partial charge in [0.2, 0.25) is 5.91 Å². The molecule has 2 N–H and O–H groups in total. The maximum Gasteiger partial charge on any atom is 0.224 e. The first kappa shape index (κ1) is 16.3. The second kappa shape index (κ2) is 6.64. The van der Waals surface area contributed by atoms with Gasteiger partial charge in [-0.05, 0) is 43.2 Å². The van der Waals surface area contributed by atoms with E-state index in [-0.39, 0.29) is 11.8 Å². The maximum atomic E-state index is 11.1. The van der Waals surface area contributed by atoms with Gasteiger partial charge in [-0.15, -0.1) is 0 Å². The zero-order valence-electron chi connectivity index (χ0n) is 14.6. The van der Waals surface area contributed by atoms with Crippen LogP contribution in [-0.2, 0) is 11.4 Å². The summed E-state index contributed by atoms with van der Waals surface area (Å²) in [5, 5.41) is 1.12. The summed E-state index contributed by atoms with van der Waals surface area (Å²) in [6, 6.07) is 18.1. The van der Waals surface area contributed by atoms with Gasteiger partial charge in [-0.2, -0.15) is 0 Å². The van der Waals surface area contributed by atoms with Crippen LogP contribution in [0.25, 0.3) is 17.0 Å². The Hall–Kier alpha value is -3.14. The van der Waals surface area contributed by atoms with Crippen molar-refractivity contribution in [1.82, 2.24) is 4.98 Å². The normalized spacial score (nSPS) is 17.4. The molecule has 0 radical (unpaired) electrons. The van der Waals surface area contributed by atoms with E-state index in [0.717, 1.165) is 45.5 Å². The number of amides is 1. The van der Waals surface area contributed by atoms with Crippen molar-refractivity contribution in [2.24, 2.45) is 11.7 Å². The highest BCUT2D eigenvalue weighted by atomic mass is 16.5. The molecule has 3 aromatic rings. The van der Waals surface area contributed by atoms with Crippen molar-refractivity contribution in [3.8, 4) is 5.75 Å². The third kappa shape index (κ3) is 3.45. The topological polar surface area (TPSA) is 65.2 Å². The summed E-state index contributed by atoms with van der Waals surface area (Å²) >= 11 is 0. The van der Waals surface area contributed by atoms with Crippen LogP contribution in [0.1, 0.15) is 23.2 Å². The van der Waals surface area contributed by atoms with Gasteiger partial charge in [0.1, 0.15) is 12.4 Å². The van der Waals surface area contributed by atoms with E-state index >= 15 is 0 Å². The second-order valence-electron chi connectivity index (χ2n) is 6.68. The lowest BCUT2D eigenvalue weighted by atomic mass is 10.1. The van der Waals surface area contributed by atoms with E-state index in [1.54, 1.807) is 0 Å². The van der Waals surface area contributed by atoms with Gasteiger partial charge in [-0.3, -0.25) is 9.78 Å². The molecule has 4 rings (SSSR count). The van der Waals surface area contributed by atoms with Gasteiger partial charge in [0.25, 0.3) is 0 Å². The summed E-state index contributed by atoms with van der Waals surface area (Å²) < 4.78 is 5.97. The molecule has 1 amide bonds. The van der Waals surface area contributed by atoms with Crippen molar-refractivity contribution in [2.75, 3.05) is 0 Å². The molecule has 0 saturated heterocycles. The number of benzene rings is 2. The molecule has 0 bridgehead atoms. The summed E-state index contributed by atoms with van der Waals surface area (Å²) in [7, 11) is 0. The SMILES string of the molecule is Cc1cc(COc2ccc(/C=C3/C[C@@H]3C(N)=O)cc2)c2ccccc2n1. The van der Waals surface area contributed by atoms with E-state index in [1.165, 1.54) is 0 Å². The molecule has 130 valence electrons. The monoisotopic (exact) mass is 344 g/mol. The highest BCUT2D eigenvalue weighted by Gasteiger charge is 2.34. The Kier molecular flexibility index (Phi) is 4.17. The Morgan fingerprint density at radius 2 is 2.00 bits per heavy atom. The molecule has 2 aromatic carbocycles. The van der Waals surface area contributed by atoms with Gasteiger partial charge >= 0.3 is 0 Å². The van der Waals surface area contributed by atoms with Crippen LogP contribution in [-0.4, -0.2) is 10.9 Å². The minimum atomic E-state index is -0.240. The van der Waals surface area contributed by atoms with Crippen molar-refractivity contribution in [1.29, 1.82) is 0 Å². The highest BCUT2D eigenvalue weighted by molar-refractivity contribution is 5.87. The van der Waals surface area contributed by atoms with Crippen molar-refractivity contribution >= 4 is 22.9 Å². The number of aryl methyl sites for hydroxylation is 1. The van der Waals surface area contributed by atoms with Crippen LogP contribution >= 0.6 is 0 Å². The first-order valence-electron chi connectivity index (χ1n) is 8.68. The van der Waals surface area contributed by atoms with Crippen LogP contribution in [0.4, 0.5) is 0 Å². The van der Waals surface area contributed by atoms with E-state index in [9.17, 15) is 4.79 Å². The van der Waals surface area contributed by atoms with Gasteiger partial charge < -0.3 is 10.5 Å². The Morgan fingerprint density at radius 1 is 1.23 bits per heavy atom. The van der Waals surface area contributed by atoms with Crippen molar-refractivity contribution in [3.05, 3.63) is 77.0 Å². The molecule has 1 aliphatic carbocycles. The molecule has 1 aromatic heterocycles. The van der Waals surface area contributed by atoms with E-state index in [0.29, 0.717) is 6.61 Å². The largest absolute Gasteiger partial charge is 0.489 e. The number of rotatable bonds is 5. The molecule has 0 aliphatic heterocycles. The number of carbonyl (C=O) groups excluding carboxylic acids is 1. The fourth-order valence-electron chi connectivity index (χ4n) is 3.17. The predicted octanol–water partition coefficient (Wildman–Crippen LogP) is 4.01. The number of hydrogen-bond donors (Lipinski definition) is 1. The zero-order valence-corrected chi connectivity index (χ0v) is 14.6. The molecule has 0 unspecified atom stereocenters. The smallest absolute Gasteiger partial charge is 0.224 e. The summed E-state index contributed by atoms with van der Waals surface area (Å²) in [5.41, 5.74) is 10.6. The van der Waals surface area contributed by atoms with E-state index < -0.39 is 0 Å². The number of aromatic nitrogens is 1. The molecular formula is C22H20N2O2. The zero-order chi connectivity index (χ0) is 18.1. The van der Waals surface area contributed by atoms with E-state index in [4.69, 9.17) is 10.5 Å². The highest BCUT2D eigenvalue weighted by Crippen LogP contribution is 2.38. The van der Waals surface area contributed by atoms with Crippen LogP contribution in [0.15, 0.2) is 60.2 Å². The number of primary amides is 1. The minimum absolute atomic E-state index is 0.0749. The lowest BCUT2D eigenvalue weighted by Crippen LogP contribution is -2.12. The number of hydrogen-bond acceptors (Lipinski definition) is 3. The number of pyridine rings is 1. The van der Waals surface area contributed by atoms with Gasteiger partial charge in [0, 0.05) is 16.6 Å². The number of nitrogens with two attached hydrogens (primary N) is 1. The van der Waals surface area contributed by atoms with E-state index in [1.807, 2.05) is 55.5 Å². The first-order chi connectivity index (χ1) is 12.6. The Morgan fingerprint density at radius 3 is 2.73 bits per heavy atom. The summed E-state index contributed by atoms with van der Waals surface area (Å²) in [6.07, 6.45) is 2.81. The van der Waals surface area contributed by atoms with Gasteiger partial charge in [0.05, 0.1) is 11.4 Å². The molecule has 1 fully saturated rings. The Balaban J connectivity index is 1.47. The number of para-hydroxylation sites is 1. The second-order valence-corrected chi connectivity index (χ2v) is 6.68. The summed E-state index contributed by atoms with van der Waals surface area (Å²) in [5.74, 6) is 0.498. The molecule has 1 saturated carbocycles.